The molecule has 1 unspecified atom stereocenters. The quantitative estimate of drug-likeness (QED) is 0.785. The zero-order valence-corrected chi connectivity index (χ0v) is 11.6. The predicted molar refractivity (Wildman–Crippen MR) is 71.7 cm³/mol. The smallest absolute Gasteiger partial charge is 0.242 e. The highest BCUT2D eigenvalue weighted by atomic mass is 35.5. The summed E-state index contributed by atoms with van der Waals surface area (Å²) in [4.78, 5) is 14.5. The maximum absolute atomic E-state index is 12.5. The van der Waals surface area contributed by atoms with Crippen LogP contribution in [0.1, 0.15) is 38.5 Å². The van der Waals surface area contributed by atoms with Crippen LogP contribution in [0.15, 0.2) is 0 Å². The van der Waals surface area contributed by atoms with Crippen molar-refractivity contribution in [2.24, 2.45) is 11.1 Å². The summed E-state index contributed by atoms with van der Waals surface area (Å²) >= 11 is 0. The SMILES string of the molecule is Cl.NC1(C(=O)N2CCC3(CCOC3)C2)CCCC1. The van der Waals surface area contributed by atoms with Crippen LogP contribution in [-0.4, -0.2) is 42.6 Å². The molecule has 5 heteroatoms. The molecule has 3 fully saturated rings. The molecule has 0 aromatic carbocycles. The van der Waals surface area contributed by atoms with Gasteiger partial charge >= 0.3 is 0 Å². The first-order chi connectivity index (χ1) is 8.14. The van der Waals surface area contributed by atoms with Gasteiger partial charge in [0.2, 0.25) is 5.91 Å². The van der Waals surface area contributed by atoms with Crippen molar-refractivity contribution < 1.29 is 9.53 Å². The Bertz CT molecular complexity index is 323. The molecule has 104 valence electrons. The second-order valence-corrected chi connectivity index (χ2v) is 6.14. The van der Waals surface area contributed by atoms with E-state index < -0.39 is 5.54 Å². The number of ether oxygens (including phenoxy) is 1. The van der Waals surface area contributed by atoms with E-state index in [2.05, 4.69) is 0 Å². The average Bonchev–Trinajstić information content (AvgIpc) is 3.02. The van der Waals surface area contributed by atoms with Crippen LogP contribution in [0.25, 0.3) is 0 Å². The van der Waals surface area contributed by atoms with E-state index in [9.17, 15) is 4.79 Å². The van der Waals surface area contributed by atoms with E-state index in [0.29, 0.717) is 0 Å². The third-order valence-corrected chi connectivity index (χ3v) is 4.83. The molecule has 2 heterocycles. The first-order valence-corrected chi connectivity index (χ1v) is 6.80. The van der Waals surface area contributed by atoms with Crippen molar-refractivity contribution >= 4 is 18.3 Å². The lowest BCUT2D eigenvalue weighted by molar-refractivity contribution is -0.136. The fourth-order valence-corrected chi connectivity index (χ4v) is 3.61. The second-order valence-electron chi connectivity index (χ2n) is 6.14. The molecule has 0 aromatic heterocycles. The van der Waals surface area contributed by atoms with Crippen LogP contribution in [0.4, 0.5) is 0 Å². The topological polar surface area (TPSA) is 55.6 Å². The fraction of sp³-hybridized carbons (Fsp3) is 0.923. The van der Waals surface area contributed by atoms with Crippen LogP contribution in [0, 0.1) is 5.41 Å². The standard InChI is InChI=1S/C13H22N2O2.ClH/c14-13(3-1-2-4-13)11(16)15-7-5-12(9-15)6-8-17-10-12;/h1-10,14H2;1H. The minimum absolute atomic E-state index is 0. The van der Waals surface area contributed by atoms with E-state index in [1.807, 2.05) is 4.90 Å². The van der Waals surface area contributed by atoms with Crippen molar-refractivity contribution in [3.05, 3.63) is 0 Å². The molecule has 0 radical (unpaired) electrons. The lowest BCUT2D eigenvalue weighted by Gasteiger charge is -2.30. The van der Waals surface area contributed by atoms with Gasteiger partial charge in [0.15, 0.2) is 0 Å². The van der Waals surface area contributed by atoms with Gasteiger partial charge in [-0.2, -0.15) is 0 Å². The van der Waals surface area contributed by atoms with Crippen molar-refractivity contribution in [1.29, 1.82) is 0 Å². The van der Waals surface area contributed by atoms with Gasteiger partial charge in [-0.3, -0.25) is 4.79 Å². The number of carbonyl (C=O) groups is 1. The van der Waals surface area contributed by atoms with Gasteiger partial charge in [0.25, 0.3) is 0 Å². The number of carbonyl (C=O) groups excluding carboxylic acids is 1. The van der Waals surface area contributed by atoms with E-state index in [4.69, 9.17) is 10.5 Å². The summed E-state index contributed by atoms with van der Waals surface area (Å²) in [5.41, 5.74) is 5.95. The monoisotopic (exact) mass is 274 g/mol. The molecule has 1 aliphatic carbocycles. The molecule has 1 amide bonds. The highest BCUT2D eigenvalue weighted by Crippen LogP contribution is 2.40. The summed E-state index contributed by atoms with van der Waals surface area (Å²) in [5, 5.41) is 0. The molecule has 1 saturated carbocycles. The van der Waals surface area contributed by atoms with Gasteiger partial charge in [0, 0.05) is 25.1 Å². The number of likely N-dealkylation sites (tertiary alicyclic amines) is 1. The van der Waals surface area contributed by atoms with Crippen LogP contribution in [0.2, 0.25) is 0 Å². The van der Waals surface area contributed by atoms with Crippen molar-refractivity contribution in [3.63, 3.8) is 0 Å². The average molecular weight is 275 g/mol. The molecular weight excluding hydrogens is 252 g/mol. The predicted octanol–water partition coefficient (Wildman–Crippen LogP) is 1.32. The van der Waals surface area contributed by atoms with Crippen LogP contribution in [0.3, 0.4) is 0 Å². The fourth-order valence-electron chi connectivity index (χ4n) is 3.61. The molecule has 18 heavy (non-hydrogen) atoms. The summed E-state index contributed by atoms with van der Waals surface area (Å²) in [6.45, 7) is 3.43. The lowest BCUT2D eigenvalue weighted by Crippen LogP contribution is -2.53. The molecule has 4 nitrogen and oxygen atoms in total. The van der Waals surface area contributed by atoms with Gasteiger partial charge in [-0.25, -0.2) is 0 Å². The number of halogens is 1. The minimum atomic E-state index is -0.551. The number of nitrogens with two attached hydrogens (primary N) is 1. The van der Waals surface area contributed by atoms with Gasteiger partial charge in [0.05, 0.1) is 12.1 Å². The minimum Gasteiger partial charge on any atom is -0.381 e. The Morgan fingerprint density at radius 3 is 2.50 bits per heavy atom. The summed E-state index contributed by atoms with van der Waals surface area (Å²) in [5.74, 6) is 0.193. The third-order valence-electron chi connectivity index (χ3n) is 4.83. The Balaban J connectivity index is 0.00000120. The van der Waals surface area contributed by atoms with Gasteiger partial charge < -0.3 is 15.4 Å². The molecule has 1 spiro atoms. The third kappa shape index (κ3) is 2.26. The summed E-state index contributed by atoms with van der Waals surface area (Å²) < 4.78 is 5.49. The molecule has 2 N–H and O–H groups in total. The highest BCUT2D eigenvalue weighted by Gasteiger charge is 2.47. The summed E-state index contributed by atoms with van der Waals surface area (Å²) in [7, 11) is 0. The molecule has 3 aliphatic rings. The maximum atomic E-state index is 12.5. The molecule has 2 aliphatic heterocycles. The van der Waals surface area contributed by atoms with Gasteiger partial charge in [-0.1, -0.05) is 12.8 Å². The van der Waals surface area contributed by atoms with E-state index in [1.54, 1.807) is 0 Å². The second kappa shape index (κ2) is 4.99. The van der Waals surface area contributed by atoms with Gasteiger partial charge in [0.1, 0.15) is 0 Å². The van der Waals surface area contributed by atoms with E-state index in [1.165, 1.54) is 0 Å². The highest BCUT2D eigenvalue weighted by molar-refractivity contribution is 5.86. The molecule has 1 atom stereocenters. The van der Waals surface area contributed by atoms with Gasteiger partial charge in [-0.05, 0) is 25.7 Å². The van der Waals surface area contributed by atoms with Crippen molar-refractivity contribution in [1.82, 2.24) is 4.90 Å². The Morgan fingerprint density at radius 1 is 1.17 bits per heavy atom. The summed E-state index contributed by atoms with van der Waals surface area (Å²) in [6, 6.07) is 0. The Morgan fingerprint density at radius 2 is 1.89 bits per heavy atom. The number of hydrogen-bond donors (Lipinski definition) is 1. The normalized spacial score (nSPS) is 33.9. The first-order valence-electron chi connectivity index (χ1n) is 6.80. The zero-order chi connectivity index (χ0) is 11.9. The maximum Gasteiger partial charge on any atom is 0.242 e. The van der Waals surface area contributed by atoms with Gasteiger partial charge in [-0.15, -0.1) is 12.4 Å². The molecular formula is C13H23ClN2O2. The Kier molecular flexibility index (Phi) is 3.90. The first kappa shape index (κ1) is 14.1. The molecule has 0 aromatic rings. The molecule has 0 bridgehead atoms. The van der Waals surface area contributed by atoms with Crippen molar-refractivity contribution in [2.75, 3.05) is 26.3 Å². The Hall–Kier alpha value is -0.320. The Labute approximate surface area is 115 Å². The largest absolute Gasteiger partial charge is 0.381 e. The van der Waals surface area contributed by atoms with Crippen LogP contribution < -0.4 is 5.73 Å². The van der Waals surface area contributed by atoms with Crippen LogP contribution in [-0.2, 0) is 9.53 Å². The molecule has 3 rings (SSSR count). The van der Waals surface area contributed by atoms with E-state index in [0.717, 1.165) is 64.8 Å². The number of amides is 1. The van der Waals surface area contributed by atoms with Crippen molar-refractivity contribution in [3.8, 4) is 0 Å². The number of rotatable bonds is 1. The lowest BCUT2D eigenvalue weighted by atomic mass is 9.87. The summed E-state index contributed by atoms with van der Waals surface area (Å²) in [6.07, 6.45) is 6.13. The van der Waals surface area contributed by atoms with E-state index in [-0.39, 0.29) is 23.7 Å². The number of hydrogen-bond acceptors (Lipinski definition) is 3. The zero-order valence-electron chi connectivity index (χ0n) is 10.8. The van der Waals surface area contributed by atoms with Crippen LogP contribution in [0.5, 0.6) is 0 Å². The van der Waals surface area contributed by atoms with Crippen molar-refractivity contribution in [2.45, 2.75) is 44.1 Å². The van der Waals surface area contributed by atoms with E-state index >= 15 is 0 Å². The number of nitrogens with zero attached hydrogens (tertiary/aromatic N) is 1. The molecule has 2 saturated heterocycles. The van der Waals surface area contributed by atoms with Crippen LogP contribution >= 0.6 is 12.4 Å².